The summed E-state index contributed by atoms with van der Waals surface area (Å²) in [7, 11) is -2.19. The van der Waals surface area contributed by atoms with Gasteiger partial charge in [0.05, 0.1) is 6.61 Å². The summed E-state index contributed by atoms with van der Waals surface area (Å²) < 4.78 is 6.95. The van der Waals surface area contributed by atoms with Gasteiger partial charge in [0.1, 0.15) is 0 Å². The maximum absolute atomic E-state index is 8.62. The van der Waals surface area contributed by atoms with Crippen LogP contribution in [0.1, 0.15) is 25.7 Å². The van der Waals surface area contributed by atoms with Gasteiger partial charge in [-0.2, -0.15) is 0 Å². The van der Waals surface area contributed by atoms with Crippen LogP contribution in [0.3, 0.4) is 0 Å². The molecule has 2 N–H and O–H groups in total. The van der Waals surface area contributed by atoms with E-state index in [0.717, 1.165) is 0 Å². The number of rotatable bonds is 9. The Kier molecular flexibility index (Phi) is 13.5. The van der Waals surface area contributed by atoms with Crippen LogP contribution in [0.5, 0.6) is 0 Å². The molecule has 0 bridgehead atoms. The summed E-state index contributed by atoms with van der Waals surface area (Å²) in [5, 5.41) is 0. The van der Waals surface area contributed by atoms with Gasteiger partial charge in [0.2, 0.25) is 0 Å². The summed E-state index contributed by atoms with van der Waals surface area (Å²) in [6, 6.07) is 0. The van der Waals surface area contributed by atoms with Gasteiger partial charge in [-0.25, -0.2) is 0 Å². The molecule has 0 aromatic rings. The van der Waals surface area contributed by atoms with Gasteiger partial charge in [0, 0.05) is 7.85 Å². The van der Waals surface area contributed by atoms with Gasteiger partial charge < -0.3 is 14.3 Å². The fourth-order valence-electron chi connectivity index (χ4n) is 1.03. The van der Waals surface area contributed by atoms with Crippen LogP contribution in [-0.2, 0) is 4.52 Å². The van der Waals surface area contributed by atoms with Crippen molar-refractivity contribution in [2.75, 3.05) is 11.0 Å². The van der Waals surface area contributed by atoms with E-state index < -0.39 is 8.60 Å². The average molecular weight is 572 g/mol. The Morgan fingerprint density at radius 1 is 1.07 bits per heavy atom. The van der Waals surface area contributed by atoms with E-state index >= 15 is 0 Å². The van der Waals surface area contributed by atoms with Crippen molar-refractivity contribution in [3.8, 4) is 0 Å². The summed E-state index contributed by atoms with van der Waals surface area (Å²) in [5.41, 5.74) is 0. The predicted octanol–water partition coefficient (Wildman–Crippen LogP) is 3.82. The first-order valence-corrected chi connectivity index (χ1v) is 9.91. The molecule has 0 aliphatic carbocycles. The van der Waals surface area contributed by atoms with Gasteiger partial charge in [0.25, 0.3) is 0 Å². The normalized spacial score (nSPS) is 15.6. The Labute approximate surface area is 134 Å². The van der Waals surface area contributed by atoms with Crippen molar-refractivity contribution in [1.29, 1.82) is 0 Å². The molecule has 0 heterocycles. The van der Waals surface area contributed by atoms with Gasteiger partial charge in [-0.15, -0.1) is 0 Å². The first kappa shape index (κ1) is 17.5. The minimum absolute atomic E-state index is 0.354. The van der Waals surface area contributed by atoms with Crippen LogP contribution in [0.2, 0.25) is 0 Å². The van der Waals surface area contributed by atoms with E-state index in [9.17, 15) is 0 Å². The molecule has 0 spiro atoms. The lowest BCUT2D eigenvalue weighted by molar-refractivity contribution is 0.257. The average Bonchev–Trinajstić information content (AvgIpc) is 2.20. The smallest absolute Gasteiger partial charge is 0.327 e. The maximum atomic E-state index is 8.62. The van der Waals surface area contributed by atoms with Gasteiger partial charge in [-0.1, -0.05) is 80.6 Å². The van der Waals surface area contributed by atoms with Crippen LogP contribution >= 0.6 is 76.4 Å². The number of hydrogen-bond donors (Lipinski definition) is 2. The number of hydrogen-bond acceptors (Lipinski definition) is 3. The van der Waals surface area contributed by atoms with Crippen molar-refractivity contribution in [2.24, 2.45) is 0 Å². The first-order chi connectivity index (χ1) is 7.07. The molecule has 0 amide bonds. The minimum Gasteiger partial charge on any atom is -0.328 e. The summed E-state index contributed by atoms with van der Waals surface area (Å²) in [4.78, 5) is 17.2. The monoisotopic (exact) mass is 572 g/mol. The van der Waals surface area contributed by atoms with Gasteiger partial charge in [-0.3, -0.25) is 0 Å². The topological polar surface area (TPSA) is 49.7 Å². The van der Waals surface area contributed by atoms with Crippen molar-refractivity contribution < 1.29 is 14.3 Å². The van der Waals surface area contributed by atoms with E-state index in [1.165, 1.54) is 30.1 Å². The largest absolute Gasteiger partial charge is 0.328 e. The molecule has 0 saturated carbocycles. The number of unbranched alkanes of at least 4 members (excludes halogenated alkanes) is 2. The second kappa shape index (κ2) is 11.6. The minimum atomic E-state index is -2.19. The molecule has 0 aromatic carbocycles. The zero-order valence-electron chi connectivity index (χ0n) is 8.28. The van der Waals surface area contributed by atoms with Gasteiger partial charge in [-0.05, 0) is 17.3 Å². The van der Waals surface area contributed by atoms with E-state index in [1.807, 2.05) is 0 Å². The molecule has 0 aliphatic rings. The van der Waals surface area contributed by atoms with Crippen LogP contribution in [-0.4, -0.2) is 28.7 Å². The van der Waals surface area contributed by atoms with E-state index in [1.54, 1.807) is 0 Å². The zero-order valence-corrected chi connectivity index (χ0v) is 15.6. The van der Waals surface area contributed by atoms with Crippen molar-refractivity contribution in [1.82, 2.24) is 0 Å². The number of halogens is 3. The standard InChI is InChI=1S/C8H16I3O3P/c9-5-3-1-2-4-7(10)8(11)6-14-15(12)13/h7-8,12-13H,1-6H2. The number of alkyl halides is 3. The Bertz CT molecular complexity index is 151. The summed E-state index contributed by atoms with van der Waals surface area (Å²) in [5.74, 6) is 0. The molecule has 0 rings (SSSR count). The van der Waals surface area contributed by atoms with Crippen molar-refractivity contribution >= 4 is 76.4 Å². The lowest BCUT2D eigenvalue weighted by Gasteiger charge is -2.16. The molecule has 2 unspecified atom stereocenters. The van der Waals surface area contributed by atoms with Crippen molar-refractivity contribution in [3.63, 3.8) is 0 Å². The Hall–Kier alpha value is 2.50. The molecular weight excluding hydrogens is 556 g/mol. The first-order valence-electron chi connectivity index (χ1n) is 4.72. The Morgan fingerprint density at radius 3 is 2.27 bits per heavy atom. The highest BCUT2D eigenvalue weighted by molar-refractivity contribution is 14.1. The molecule has 0 saturated heterocycles. The van der Waals surface area contributed by atoms with Crippen LogP contribution in [0.4, 0.5) is 0 Å². The summed E-state index contributed by atoms with van der Waals surface area (Å²) in [6.45, 7) is 0.430. The molecule has 0 fully saturated rings. The quantitative estimate of drug-likeness (QED) is 0.192. The highest BCUT2D eigenvalue weighted by Crippen LogP contribution is 2.29. The lowest BCUT2D eigenvalue weighted by atomic mass is 10.1. The second-order valence-corrected chi connectivity index (χ2v) is 8.16. The van der Waals surface area contributed by atoms with Crippen LogP contribution in [0, 0.1) is 0 Å². The highest BCUT2D eigenvalue weighted by Gasteiger charge is 2.16. The predicted molar refractivity (Wildman–Crippen MR) is 90.3 cm³/mol. The van der Waals surface area contributed by atoms with E-state index in [-0.39, 0.29) is 0 Å². The second-order valence-electron chi connectivity index (χ2n) is 3.12. The van der Waals surface area contributed by atoms with Gasteiger partial charge in [0.15, 0.2) is 0 Å². The third-order valence-electron chi connectivity index (χ3n) is 1.86. The third kappa shape index (κ3) is 11.3. The highest BCUT2D eigenvalue weighted by atomic mass is 127. The van der Waals surface area contributed by atoms with Crippen LogP contribution in [0.25, 0.3) is 0 Å². The van der Waals surface area contributed by atoms with Crippen LogP contribution in [0.15, 0.2) is 0 Å². The van der Waals surface area contributed by atoms with Gasteiger partial charge >= 0.3 is 8.60 Å². The molecule has 0 radical (unpaired) electrons. The van der Waals surface area contributed by atoms with Crippen LogP contribution < -0.4 is 0 Å². The molecule has 15 heavy (non-hydrogen) atoms. The van der Waals surface area contributed by atoms with E-state index in [2.05, 4.69) is 67.8 Å². The summed E-state index contributed by atoms with van der Waals surface area (Å²) in [6.07, 6.45) is 5.02. The fraction of sp³-hybridized carbons (Fsp3) is 1.00. The van der Waals surface area contributed by atoms with E-state index in [4.69, 9.17) is 14.3 Å². The van der Waals surface area contributed by atoms with E-state index in [0.29, 0.717) is 14.5 Å². The molecular formula is C8H16I3O3P. The van der Waals surface area contributed by atoms with Crippen molar-refractivity contribution in [3.05, 3.63) is 0 Å². The Morgan fingerprint density at radius 2 is 1.73 bits per heavy atom. The maximum Gasteiger partial charge on any atom is 0.327 e. The zero-order chi connectivity index (χ0) is 11.7. The molecule has 0 aromatic heterocycles. The SMILES string of the molecule is OP(O)OCC(I)C(I)CCCCCI. The third-order valence-corrected chi connectivity index (χ3v) is 7.09. The van der Waals surface area contributed by atoms with Crippen molar-refractivity contribution in [2.45, 2.75) is 33.5 Å². The molecule has 3 nitrogen and oxygen atoms in total. The molecule has 92 valence electrons. The molecule has 7 heteroatoms. The lowest BCUT2D eigenvalue weighted by Crippen LogP contribution is -2.18. The molecule has 0 aliphatic heterocycles. The Balaban J connectivity index is 3.46. The summed E-state index contributed by atoms with van der Waals surface area (Å²) >= 11 is 7.14. The fourth-order valence-corrected chi connectivity index (χ4v) is 3.34. The molecule has 2 atom stereocenters.